The summed E-state index contributed by atoms with van der Waals surface area (Å²) in [4.78, 5) is 12.0. The number of hydrogen-bond acceptors (Lipinski definition) is 3. The monoisotopic (exact) mass is 296 g/mol. The molecule has 2 rings (SSSR count). The van der Waals surface area contributed by atoms with Gasteiger partial charge < -0.3 is 9.47 Å². The fourth-order valence-electron chi connectivity index (χ4n) is 2.30. The third-order valence-corrected chi connectivity index (χ3v) is 4.08. The van der Waals surface area contributed by atoms with Gasteiger partial charge >= 0.3 is 0 Å². The van der Waals surface area contributed by atoms with E-state index in [0.717, 1.165) is 28.3 Å². The van der Waals surface area contributed by atoms with Gasteiger partial charge in [0.2, 0.25) is 0 Å². The first-order chi connectivity index (χ1) is 9.49. The van der Waals surface area contributed by atoms with Crippen molar-refractivity contribution >= 4 is 17.4 Å². The molecule has 0 saturated carbocycles. The molecule has 1 heterocycles. The maximum atomic E-state index is 12.0. The van der Waals surface area contributed by atoms with Gasteiger partial charge in [-0.3, -0.25) is 4.79 Å². The molecule has 20 heavy (non-hydrogen) atoms. The lowest BCUT2D eigenvalue weighted by atomic mass is 10.0. The molecule has 1 aliphatic heterocycles. The van der Waals surface area contributed by atoms with Gasteiger partial charge in [-0.2, -0.15) is 0 Å². The number of aryl methyl sites for hydroxylation is 1. The van der Waals surface area contributed by atoms with Crippen molar-refractivity contribution in [1.82, 2.24) is 0 Å². The Kier molecular flexibility index (Phi) is 5.06. The third-order valence-electron chi connectivity index (χ3n) is 3.67. The molecule has 3 nitrogen and oxygen atoms in total. The molecule has 0 spiro atoms. The molecular weight excluding hydrogens is 276 g/mol. The van der Waals surface area contributed by atoms with Gasteiger partial charge in [0.25, 0.3) is 0 Å². The van der Waals surface area contributed by atoms with Gasteiger partial charge in [0, 0.05) is 17.5 Å². The summed E-state index contributed by atoms with van der Waals surface area (Å²) in [6, 6.07) is 3.84. The van der Waals surface area contributed by atoms with Gasteiger partial charge in [0.15, 0.2) is 5.78 Å². The van der Waals surface area contributed by atoms with E-state index in [9.17, 15) is 4.79 Å². The molecule has 1 unspecified atom stereocenters. The average molecular weight is 297 g/mol. The predicted octanol–water partition coefficient (Wildman–Crippen LogP) is 3.76. The molecule has 1 saturated heterocycles. The Balaban J connectivity index is 2.08. The zero-order chi connectivity index (χ0) is 14.7. The summed E-state index contributed by atoms with van der Waals surface area (Å²) < 4.78 is 11.0. The molecule has 0 aliphatic carbocycles. The topological polar surface area (TPSA) is 35.5 Å². The Morgan fingerprint density at radius 3 is 2.85 bits per heavy atom. The van der Waals surface area contributed by atoms with Crippen LogP contribution < -0.4 is 4.74 Å². The minimum atomic E-state index is -0.00843. The second-order valence-electron chi connectivity index (χ2n) is 5.61. The number of carbonyl (C=O) groups excluding carboxylic acids is 1. The number of carbonyl (C=O) groups is 1. The van der Waals surface area contributed by atoms with E-state index >= 15 is 0 Å². The highest BCUT2D eigenvalue weighted by atomic mass is 35.5. The van der Waals surface area contributed by atoms with Crippen LogP contribution in [0.25, 0.3) is 0 Å². The first-order valence-corrected chi connectivity index (χ1v) is 7.40. The minimum absolute atomic E-state index is 0.00843. The Bertz CT molecular complexity index is 491. The number of halogens is 1. The van der Waals surface area contributed by atoms with Gasteiger partial charge in [-0.15, -0.1) is 0 Å². The van der Waals surface area contributed by atoms with Gasteiger partial charge in [0.05, 0.1) is 6.61 Å². The lowest BCUT2D eigenvalue weighted by Crippen LogP contribution is -2.22. The van der Waals surface area contributed by atoms with E-state index in [1.165, 1.54) is 0 Å². The van der Waals surface area contributed by atoms with E-state index < -0.39 is 0 Å². The largest absolute Gasteiger partial charge is 0.486 e. The Hall–Kier alpha value is -1.06. The first-order valence-electron chi connectivity index (χ1n) is 7.02. The minimum Gasteiger partial charge on any atom is -0.486 e. The van der Waals surface area contributed by atoms with E-state index in [4.69, 9.17) is 21.1 Å². The molecule has 0 N–H and O–H groups in total. The number of rotatable bonds is 5. The van der Waals surface area contributed by atoms with Crippen LogP contribution in [0.4, 0.5) is 0 Å². The zero-order valence-electron chi connectivity index (χ0n) is 12.2. The summed E-state index contributed by atoms with van der Waals surface area (Å²) in [5.74, 6) is 1.16. The van der Waals surface area contributed by atoms with Crippen molar-refractivity contribution in [2.75, 3.05) is 19.8 Å². The molecule has 0 aromatic heterocycles. The number of benzene rings is 1. The summed E-state index contributed by atoms with van der Waals surface area (Å²) >= 11 is 6.16. The molecule has 0 bridgehead atoms. The number of Topliss-reactive ketones (excluding diaryl/α,β-unsaturated/α-hetero) is 1. The second kappa shape index (κ2) is 6.59. The molecule has 1 atom stereocenters. The normalized spacial score (nSPS) is 18.6. The van der Waals surface area contributed by atoms with Gasteiger partial charge in [-0.05, 0) is 42.5 Å². The van der Waals surface area contributed by atoms with Crippen LogP contribution >= 0.6 is 11.6 Å². The SMILES string of the molecule is Cc1cc(OCC(=O)C2CCOC2)c(C(C)C)cc1Cl. The van der Waals surface area contributed by atoms with E-state index in [1.54, 1.807) is 0 Å². The zero-order valence-corrected chi connectivity index (χ0v) is 13.0. The molecule has 1 aromatic carbocycles. The molecule has 1 aromatic rings. The smallest absolute Gasteiger partial charge is 0.175 e. The van der Waals surface area contributed by atoms with E-state index in [0.29, 0.717) is 19.1 Å². The Morgan fingerprint density at radius 1 is 1.50 bits per heavy atom. The Morgan fingerprint density at radius 2 is 2.25 bits per heavy atom. The lowest BCUT2D eigenvalue weighted by Gasteiger charge is -2.16. The van der Waals surface area contributed by atoms with Crippen molar-refractivity contribution in [3.63, 3.8) is 0 Å². The lowest BCUT2D eigenvalue weighted by molar-refractivity contribution is -0.124. The highest BCUT2D eigenvalue weighted by Crippen LogP contribution is 2.32. The van der Waals surface area contributed by atoms with Gasteiger partial charge in [0.1, 0.15) is 12.4 Å². The van der Waals surface area contributed by atoms with Crippen LogP contribution in [0, 0.1) is 12.8 Å². The van der Waals surface area contributed by atoms with Crippen LogP contribution in [-0.2, 0) is 9.53 Å². The van der Waals surface area contributed by atoms with Crippen LogP contribution in [0.5, 0.6) is 5.75 Å². The number of ether oxygens (including phenoxy) is 2. The van der Waals surface area contributed by atoms with Crippen LogP contribution in [0.15, 0.2) is 12.1 Å². The third kappa shape index (κ3) is 3.53. The van der Waals surface area contributed by atoms with E-state index in [2.05, 4.69) is 13.8 Å². The molecule has 0 amide bonds. The van der Waals surface area contributed by atoms with Crippen LogP contribution in [0.1, 0.15) is 37.3 Å². The van der Waals surface area contributed by atoms with Crippen molar-refractivity contribution in [1.29, 1.82) is 0 Å². The molecular formula is C16H21ClO3. The quantitative estimate of drug-likeness (QED) is 0.830. The summed E-state index contributed by atoms with van der Waals surface area (Å²) in [7, 11) is 0. The van der Waals surface area contributed by atoms with Crippen LogP contribution in [-0.4, -0.2) is 25.6 Å². The first kappa shape index (κ1) is 15.3. The maximum absolute atomic E-state index is 12.0. The highest BCUT2D eigenvalue weighted by Gasteiger charge is 2.24. The van der Waals surface area contributed by atoms with E-state index in [1.807, 2.05) is 19.1 Å². The van der Waals surface area contributed by atoms with Crippen LogP contribution in [0.2, 0.25) is 5.02 Å². The maximum Gasteiger partial charge on any atom is 0.175 e. The highest BCUT2D eigenvalue weighted by molar-refractivity contribution is 6.31. The standard InChI is InChI=1S/C16H21ClO3/c1-10(2)13-7-14(17)11(3)6-16(13)20-9-15(18)12-4-5-19-8-12/h6-7,10,12H,4-5,8-9H2,1-3H3. The summed E-state index contributed by atoms with van der Waals surface area (Å²) in [6.07, 6.45) is 0.804. The van der Waals surface area contributed by atoms with Crippen molar-refractivity contribution in [3.8, 4) is 5.75 Å². The molecule has 0 radical (unpaired) electrons. The molecule has 110 valence electrons. The summed E-state index contributed by atoms with van der Waals surface area (Å²) in [6.45, 7) is 7.41. The van der Waals surface area contributed by atoms with Crippen molar-refractivity contribution < 1.29 is 14.3 Å². The molecule has 4 heteroatoms. The van der Waals surface area contributed by atoms with E-state index in [-0.39, 0.29) is 18.3 Å². The number of ketones is 1. The second-order valence-corrected chi connectivity index (χ2v) is 6.02. The Labute approximate surface area is 125 Å². The van der Waals surface area contributed by atoms with Gasteiger partial charge in [-0.1, -0.05) is 25.4 Å². The number of hydrogen-bond donors (Lipinski definition) is 0. The van der Waals surface area contributed by atoms with Crippen molar-refractivity contribution in [3.05, 3.63) is 28.3 Å². The fourth-order valence-corrected chi connectivity index (χ4v) is 2.47. The fraction of sp³-hybridized carbons (Fsp3) is 0.562. The molecule has 1 aliphatic rings. The summed E-state index contributed by atoms with van der Waals surface area (Å²) in [5.41, 5.74) is 2.00. The average Bonchev–Trinajstić information content (AvgIpc) is 2.93. The predicted molar refractivity (Wildman–Crippen MR) is 79.7 cm³/mol. The van der Waals surface area contributed by atoms with Crippen molar-refractivity contribution in [2.45, 2.75) is 33.1 Å². The van der Waals surface area contributed by atoms with Crippen LogP contribution in [0.3, 0.4) is 0 Å². The van der Waals surface area contributed by atoms with Gasteiger partial charge in [-0.25, -0.2) is 0 Å². The summed E-state index contributed by atoms with van der Waals surface area (Å²) in [5, 5.41) is 0.733. The van der Waals surface area contributed by atoms with Crippen molar-refractivity contribution in [2.24, 2.45) is 5.92 Å². The molecule has 1 fully saturated rings.